The van der Waals surface area contributed by atoms with E-state index < -0.39 is 0 Å². The molecule has 0 heteroatoms. The Kier molecular flexibility index (Phi) is 7.99. The summed E-state index contributed by atoms with van der Waals surface area (Å²) < 4.78 is 0. The van der Waals surface area contributed by atoms with Gasteiger partial charge in [0.05, 0.1) is 0 Å². The molecule has 0 radical (unpaired) electrons. The summed E-state index contributed by atoms with van der Waals surface area (Å²) in [6.45, 7) is 4.76. The van der Waals surface area contributed by atoms with Crippen LogP contribution in [0.4, 0.5) is 0 Å². The van der Waals surface area contributed by atoms with Crippen LogP contribution in [-0.4, -0.2) is 0 Å². The Morgan fingerprint density at radius 1 is 0.230 bits per heavy atom. The van der Waals surface area contributed by atoms with E-state index in [9.17, 15) is 0 Å². The molecule has 61 heavy (non-hydrogen) atoms. The van der Waals surface area contributed by atoms with E-state index in [1.54, 1.807) is 0 Å². The van der Waals surface area contributed by atoms with Crippen molar-refractivity contribution >= 4 is 43.1 Å². The summed E-state index contributed by atoms with van der Waals surface area (Å²) in [5.41, 5.74) is 17.9. The minimum absolute atomic E-state index is 0.112. The monoisotopic (exact) mass is 774 g/mol. The maximum atomic E-state index is 2.45. The first kappa shape index (κ1) is 35.4. The van der Waals surface area contributed by atoms with E-state index in [1.165, 1.54) is 121 Å². The van der Waals surface area contributed by atoms with Gasteiger partial charge in [-0.3, -0.25) is 0 Å². The maximum absolute atomic E-state index is 2.45. The molecule has 0 fully saturated rings. The Morgan fingerprint density at radius 2 is 0.607 bits per heavy atom. The molecule has 12 rings (SSSR count). The van der Waals surface area contributed by atoms with Gasteiger partial charge in [0.2, 0.25) is 0 Å². The molecule has 286 valence electrons. The van der Waals surface area contributed by atoms with Gasteiger partial charge in [-0.2, -0.15) is 0 Å². The predicted molar refractivity (Wildman–Crippen MR) is 261 cm³/mol. The molecule has 11 aromatic carbocycles. The highest BCUT2D eigenvalue weighted by molar-refractivity contribution is 6.17. The molecule has 0 spiro atoms. The molecule has 1 aliphatic carbocycles. The van der Waals surface area contributed by atoms with Crippen LogP contribution in [0.3, 0.4) is 0 Å². The Morgan fingerprint density at radius 3 is 1.18 bits per heavy atom. The number of benzene rings is 11. The van der Waals surface area contributed by atoms with Crippen molar-refractivity contribution in [1.82, 2.24) is 0 Å². The van der Waals surface area contributed by atoms with Crippen molar-refractivity contribution in [2.45, 2.75) is 19.3 Å². The summed E-state index contributed by atoms with van der Waals surface area (Å²) in [6, 6.07) is 81.1. The summed E-state index contributed by atoms with van der Waals surface area (Å²) in [5.74, 6) is 0. The lowest BCUT2D eigenvalue weighted by Crippen LogP contribution is -2.15. The fourth-order valence-electron chi connectivity index (χ4n) is 10.4. The third-order valence-corrected chi connectivity index (χ3v) is 13.5. The lowest BCUT2D eigenvalue weighted by atomic mass is 9.80. The summed E-state index contributed by atoms with van der Waals surface area (Å²) >= 11 is 0. The van der Waals surface area contributed by atoms with E-state index in [0.29, 0.717) is 0 Å². The van der Waals surface area contributed by atoms with E-state index in [4.69, 9.17) is 0 Å². The molecule has 1 aliphatic rings. The lowest BCUT2D eigenvalue weighted by molar-refractivity contribution is 0.661. The van der Waals surface area contributed by atoms with Crippen LogP contribution in [0.25, 0.3) is 110 Å². The summed E-state index contributed by atoms with van der Waals surface area (Å²) in [4.78, 5) is 0. The van der Waals surface area contributed by atoms with E-state index in [1.807, 2.05) is 0 Å². The third-order valence-electron chi connectivity index (χ3n) is 13.5. The molecule has 0 saturated carbocycles. The van der Waals surface area contributed by atoms with Crippen LogP contribution < -0.4 is 0 Å². The van der Waals surface area contributed by atoms with Crippen molar-refractivity contribution in [3.8, 4) is 66.8 Å². The van der Waals surface area contributed by atoms with Crippen LogP contribution in [-0.2, 0) is 5.41 Å². The Hall–Kier alpha value is -7.54. The van der Waals surface area contributed by atoms with Gasteiger partial charge in [0, 0.05) is 5.41 Å². The second kappa shape index (κ2) is 13.8. The number of hydrogen-bond donors (Lipinski definition) is 0. The van der Waals surface area contributed by atoms with Gasteiger partial charge >= 0.3 is 0 Å². The quantitative estimate of drug-likeness (QED) is 0.153. The average molecular weight is 775 g/mol. The zero-order valence-corrected chi connectivity index (χ0v) is 34.3. The molecule has 0 nitrogen and oxygen atoms in total. The van der Waals surface area contributed by atoms with E-state index >= 15 is 0 Å². The van der Waals surface area contributed by atoms with Crippen molar-refractivity contribution in [2.75, 3.05) is 0 Å². The van der Waals surface area contributed by atoms with Gasteiger partial charge in [0.25, 0.3) is 0 Å². The van der Waals surface area contributed by atoms with Crippen LogP contribution in [0.5, 0.6) is 0 Å². The van der Waals surface area contributed by atoms with Gasteiger partial charge in [-0.1, -0.05) is 214 Å². The Labute approximate surface area is 357 Å². The van der Waals surface area contributed by atoms with E-state index in [-0.39, 0.29) is 5.41 Å². The molecule has 0 amide bonds. The zero-order chi connectivity index (χ0) is 40.7. The van der Waals surface area contributed by atoms with Crippen molar-refractivity contribution in [2.24, 2.45) is 0 Å². The zero-order valence-electron chi connectivity index (χ0n) is 34.3. The van der Waals surface area contributed by atoms with Crippen molar-refractivity contribution in [3.63, 3.8) is 0 Å². The molecule has 0 N–H and O–H groups in total. The fraction of sp³-hybridized carbons (Fsp3) is 0.0492. The van der Waals surface area contributed by atoms with Crippen molar-refractivity contribution < 1.29 is 0 Å². The highest BCUT2D eigenvalue weighted by atomic mass is 14.4. The van der Waals surface area contributed by atoms with Crippen molar-refractivity contribution in [1.29, 1.82) is 0 Å². The Bertz CT molecular complexity index is 3530. The molecular weight excluding hydrogens is 733 g/mol. The number of fused-ring (bicyclic) bond motifs is 8. The lowest BCUT2D eigenvalue weighted by Gasteiger charge is -2.23. The molecule has 0 atom stereocenters. The van der Waals surface area contributed by atoms with Crippen LogP contribution in [0.2, 0.25) is 0 Å². The molecule has 0 aliphatic heterocycles. The molecular formula is C61H42. The van der Waals surface area contributed by atoms with Gasteiger partial charge in [0.15, 0.2) is 0 Å². The standard InChI is InChI=1S/C61H42/c1-61(2)59-37-42(39-14-4-3-5-15-39)28-30-56(59)57-31-29-44(38-60(57)61)48-33-32-46(50-19-8-9-21-52(48)50)40-24-26-41(27-25-40)47-34-35-55(53-22-12-10-20-51(47)53)58-36-43-16-6-7-17-45(43)49-18-11-13-23-54(49)58/h3-38H,1-2H3. The largest absolute Gasteiger partial charge is 0.0622 e. The van der Waals surface area contributed by atoms with Crippen LogP contribution in [0.15, 0.2) is 218 Å². The number of rotatable bonds is 5. The molecule has 0 saturated heterocycles. The summed E-state index contributed by atoms with van der Waals surface area (Å²) in [5, 5.41) is 10.2. The van der Waals surface area contributed by atoms with Gasteiger partial charge in [-0.25, -0.2) is 0 Å². The van der Waals surface area contributed by atoms with E-state index in [0.717, 1.165) is 0 Å². The average Bonchev–Trinajstić information content (AvgIpc) is 3.55. The van der Waals surface area contributed by atoms with Crippen LogP contribution >= 0.6 is 0 Å². The smallest absolute Gasteiger partial charge is 0.0159 e. The van der Waals surface area contributed by atoms with Gasteiger partial charge in [-0.15, -0.1) is 0 Å². The number of hydrogen-bond acceptors (Lipinski definition) is 0. The topological polar surface area (TPSA) is 0 Å². The minimum Gasteiger partial charge on any atom is -0.0622 e. The van der Waals surface area contributed by atoms with Gasteiger partial charge in [-0.05, 0) is 139 Å². The molecule has 0 bridgehead atoms. The molecule has 0 aromatic heterocycles. The second-order valence-electron chi connectivity index (χ2n) is 17.2. The van der Waals surface area contributed by atoms with Crippen LogP contribution in [0, 0.1) is 0 Å². The van der Waals surface area contributed by atoms with Gasteiger partial charge in [0.1, 0.15) is 0 Å². The summed E-state index contributed by atoms with van der Waals surface area (Å²) in [7, 11) is 0. The van der Waals surface area contributed by atoms with Gasteiger partial charge < -0.3 is 0 Å². The maximum Gasteiger partial charge on any atom is 0.0159 e. The molecule has 11 aromatic rings. The SMILES string of the molecule is CC1(C)c2cc(-c3ccccc3)ccc2-c2ccc(-c3ccc(-c4ccc(-c5ccc(-c6cc7ccccc7c7ccccc67)c6ccccc56)cc4)c4ccccc34)cc21. The molecule has 0 unspecified atom stereocenters. The fourth-order valence-corrected chi connectivity index (χ4v) is 10.4. The highest BCUT2D eigenvalue weighted by Gasteiger charge is 2.36. The van der Waals surface area contributed by atoms with Crippen LogP contribution in [0.1, 0.15) is 25.0 Å². The first-order valence-electron chi connectivity index (χ1n) is 21.4. The molecule has 0 heterocycles. The third kappa shape index (κ3) is 5.60. The summed E-state index contributed by atoms with van der Waals surface area (Å²) in [6.07, 6.45) is 0. The predicted octanol–water partition coefficient (Wildman–Crippen LogP) is 16.9. The first-order chi connectivity index (χ1) is 30.0. The second-order valence-corrected chi connectivity index (χ2v) is 17.2. The highest BCUT2D eigenvalue weighted by Crippen LogP contribution is 2.51. The first-order valence-corrected chi connectivity index (χ1v) is 21.4. The Balaban J connectivity index is 0.903. The van der Waals surface area contributed by atoms with Crippen molar-refractivity contribution in [3.05, 3.63) is 230 Å². The van der Waals surface area contributed by atoms with E-state index in [2.05, 4.69) is 232 Å². The minimum atomic E-state index is -0.112. The normalized spacial score (nSPS) is 12.9.